The molecule has 0 aromatic heterocycles. The zero-order valence-electron chi connectivity index (χ0n) is 16.8. The molecule has 28 heavy (non-hydrogen) atoms. The number of hydrogen-bond acceptors (Lipinski definition) is 2. The van der Waals surface area contributed by atoms with Gasteiger partial charge in [-0.1, -0.05) is 30.3 Å². The van der Waals surface area contributed by atoms with E-state index in [1.54, 1.807) is 0 Å². The molecule has 4 rings (SSSR count). The summed E-state index contributed by atoms with van der Waals surface area (Å²) in [6.07, 6.45) is 0. The van der Waals surface area contributed by atoms with Crippen LogP contribution in [0.4, 0.5) is 5.69 Å². The minimum absolute atomic E-state index is 0.868. The van der Waals surface area contributed by atoms with Crippen LogP contribution >= 0.6 is 0 Å². The molecule has 0 amide bonds. The van der Waals surface area contributed by atoms with Gasteiger partial charge in [-0.05, 0) is 47.5 Å². The molecule has 0 saturated carbocycles. The molecule has 1 aliphatic carbocycles. The first-order valence-electron chi connectivity index (χ1n) is 9.44. The summed E-state index contributed by atoms with van der Waals surface area (Å²) in [4.78, 5) is 2.10. The van der Waals surface area contributed by atoms with E-state index in [2.05, 4.69) is 82.3 Å². The highest BCUT2D eigenvalue weighted by molar-refractivity contribution is 5.84. The highest BCUT2D eigenvalue weighted by Gasteiger charge is 2.16. The van der Waals surface area contributed by atoms with Crippen molar-refractivity contribution in [2.24, 2.45) is 0 Å². The Morgan fingerprint density at radius 1 is 0.679 bits per heavy atom. The number of rotatable bonds is 3. The maximum Gasteiger partial charge on any atom is 0.203 e. The van der Waals surface area contributed by atoms with Crippen LogP contribution < -0.4 is 14.8 Å². The van der Waals surface area contributed by atoms with Gasteiger partial charge in [0, 0.05) is 37.0 Å². The number of benzene rings is 3. The van der Waals surface area contributed by atoms with Gasteiger partial charge in [0.2, 0.25) is 5.36 Å². The lowest BCUT2D eigenvalue weighted by atomic mass is 9.96. The summed E-state index contributed by atoms with van der Waals surface area (Å²) in [5.41, 5.74) is 5.72. The van der Waals surface area contributed by atoms with E-state index in [0.29, 0.717) is 0 Å². The molecule has 2 aliphatic rings. The maximum absolute atomic E-state index is 6.36. The van der Waals surface area contributed by atoms with Crippen molar-refractivity contribution in [2.45, 2.75) is 0 Å². The van der Waals surface area contributed by atoms with Crippen LogP contribution in [0, 0.1) is 0 Å². The lowest BCUT2D eigenvalue weighted by Gasteiger charge is -2.15. The van der Waals surface area contributed by atoms with E-state index in [4.69, 9.17) is 4.42 Å². The Morgan fingerprint density at radius 2 is 1.39 bits per heavy atom. The molecule has 0 fully saturated rings. The highest BCUT2D eigenvalue weighted by atomic mass is 16.3. The summed E-state index contributed by atoms with van der Waals surface area (Å²) in [5, 5.41) is 1.12. The molecule has 0 N–H and O–H groups in total. The van der Waals surface area contributed by atoms with Crippen molar-refractivity contribution in [3.8, 4) is 33.8 Å². The molecule has 0 unspecified atom stereocenters. The van der Waals surface area contributed by atoms with Crippen molar-refractivity contribution in [1.82, 2.24) is 4.58 Å². The van der Waals surface area contributed by atoms with E-state index >= 15 is 0 Å². The van der Waals surface area contributed by atoms with Crippen molar-refractivity contribution in [1.29, 1.82) is 0 Å². The fraction of sp³-hybridized carbons (Fsp3) is 0.160. The Morgan fingerprint density at radius 3 is 2.04 bits per heavy atom. The van der Waals surface area contributed by atoms with Crippen LogP contribution in [0.15, 0.2) is 83.3 Å². The van der Waals surface area contributed by atoms with Gasteiger partial charge in [0.1, 0.15) is 25.6 Å². The zero-order chi connectivity index (χ0) is 19.7. The normalized spacial score (nSPS) is 10.9. The SMILES string of the molecule is CN(C)c1ccc(-c2cc(-c3ccccc3)c3ccc(=[N+](C)C)cc-3o2)cc1. The van der Waals surface area contributed by atoms with Crippen molar-refractivity contribution >= 4 is 5.69 Å². The van der Waals surface area contributed by atoms with Crippen molar-refractivity contribution < 1.29 is 4.42 Å². The quantitative estimate of drug-likeness (QED) is 0.483. The fourth-order valence-electron chi connectivity index (χ4n) is 3.38. The first kappa shape index (κ1) is 18.1. The monoisotopic (exact) mass is 369 g/mol. The standard InChI is InChI=1S/C25H25N2O/c1-26(2)20-12-10-19(11-13-20)24-17-23(18-8-6-5-7-9-18)22-15-14-21(27(3)4)16-25(22)28-24/h5-17H,1-4H3/q+1. The Kier molecular flexibility index (Phi) is 4.74. The third-order valence-electron chi connectivity index (χ3n) is 5.02. The molecular weight excluding hydrogens is 344 g/mol. The molecule has 1 aliphatic heterocycles. The van der Waals surface area contributed by atoms with Crippen LogP contribution in [0.5, 0.6) is 0 Å². The third-order valence-corrected chi connectivity index (χ3v) is 5.02. The summed E-state index contributed by atoms with van der Waals surface area (Å²) in [7, 11) is 8.18. The van der Waals surface area contributed by atoms with Gasteiger partial charge in [-0.3, -0.25) is 0 Å². The Hall–Kier alpha value is -3.33. The molecule has 0 spiro atoms. The van der Waals surface area contributed by atoms with Crippen molar-refractivity contribution in [3.05, 3.63) is 84.2 Å². The molecule has 2 aromatic rings. The fourth-order valence-corrected chi connectivity index (χ4v) is 3.38. The second-order valence-electron chi connectivity index (χ2n) is 7.41. The predicted octanol–water partition coefficient (Wildman–Crippen LogP) is 4.82. The van der Waals surface area contributed by atoms with E-state index in [-0.39, 0.29) is 0 Å². The van der Waals surface area contributed by atoms with Gasteiger partial charge in [-0.25, -0.2) is 4.58 Å². The predicted molar refractivity (Wildman–Crippen MR) is 118 cm³/mol. The lowest BCUT2D eigenvalue weighted by molar-refractivity contribution is 0.580. The lowest BCUT2D eigenvalue weighted by Crippen LogP contribution is -2.21. The van der Waals surface area contributed by atoms with Crippen LogP contribution in [0.25, 0.3) is 33.8 Å². The molecule has 2 aromatic carbocycles. The zero-order valence-corrected chi connectivity index (χ0v) is 16.8. The average Bonchev–Trinajstić information content (AvgIpc) is 2.73. The largest absolute Gasteiger partial charge is 0.456 e. The second kappa shape index (κ2) is 7.35. The average molecular weight is 369 g/mol. The molecule has 0 radical (unpaired) electrons. The maximum atomic E-state index is 6.36. The number of hydrogen-bond donors (Lipinski definition) is 0. The van der Waals surface area contributed by atoms with Gasteiger partial charge in [-0.2, -0.15) is 0 Å². The first-order chi connectivity index (χ1) is 13.5. The summed E-state index contributed by atoms with van der Waals surface area (Å²) >= 11 is 0. The van der Waals surface area contributed by atoms with Crippen LogP contribution in [0.2, 0.25) is 0 Å². The third kappa shape index (κ3) is 3.44. The number of nitrogens with zero attached hydrogens (tertiary/aromatic N) is 2. The van der Waals surface area contributed by atoms with Crippen LogP contribution in [-0.4, -0.2) is 28.2 Å². The summed E-state index contributed by atoms with van der Waals surface area (Å²) in [5.74, 6) is 1.76. The van der Waals surface area contributed by atoms with E-state index in [9.17, 15) is 0 Å². The molecule has 1 heterocycles. The van der Waals surface area contributed by atoms with E-state index < -0.39 is 0 Å². The molecule has 0 bridgehead atoms. The molecule has 0 atom stereocenters. The van der Waals surface area contributed by atoms with Gasteiger partial charge in [-0.15, -0.1) is 0 Å². The minimum atomic E-state index is 0.868. The second-order valence-corrected chi connectivity index (χ2v) is 7.41. The van der Waals surface area contributed by atoms with E-state index in [1.165, 1.54) is 16.8 Å². The topological polar surface area (TPSA) is 19.4 Å². The summed E-state index contributed by atoms with van der Waals surface area (Å²) in [6, 6.07) is 27.5. The minimum Gasteiger partial charge on any atom is -0.456 e. The van der Waals surface area contributed by atoms with Crippen LogP contribution in [-0.2, 0) is 0 Å². The Bertz CT molecular complexity index is 1140. The van der Waals surface area contributed by atoms with Gasteiger partial charge in [0.25, 0.3) is 0 Å². The van der Waals surface area contributed by atoms with Crippen molar-refractivity contribution in [3.63, 3.8) is 0 Å². The van der Waals surface area contributed by atoms with E-state index in [1.807, 2.05) is 34.3 Å². The molecule has 3 heteroatoms. The molecular formula is C25H25N2O+. The molecule has 0 saturated heterocycles. The smallest absolute Gasteiger partial charge is 0.203 e. The number of fused-ring (bicyclic) bond motifs is 1. The summed E-state index contributed by atoms with van der Waals surface area (Å²) < 4.78 is 8.45. The van der Waals surface area contributed by atoms with Gasteiger partial charge in [0.15, 0.2) is 0 Å². The summed E-state index contributed by atoms with van der Waals surface area (Å²) in [6.45, 7) is 0. The van der Waals surface area contributed by atoms with Crippen molar-refractivity contribution in [2.75, 3.05) is 33.1 Å². The molecule has 3 nitrogen and oxygen atoms in total. The van der Waals surface area contributed by atoms with Gasteiger partial charge < -0.3 is 9.32 Å². The number of anilines is 1. The van der Waals surface area contributed by atoms with Gasteiger partial charge in [0.05, 0.1) is 6.07 Å². The Balaban J connectivity index is 1.96. The van der Waals surface area contributed by atoms with Crippen LogP contribution in [0.1, 0.15) is 0 Å². The first-order valence-corrected chi connectivity index (χ1v) is 9.44. The molecule has 140 valence electrons. The van der Waals surface area contributed by atoms with Crippen LogP contribution in [0.3, 0.4) is 0 Å². The van der Waals surface area contributed by atoms with E-state index in [0.717, 1.165) is 28.0 Å². The van der Waals surface area contributed by atoms with Gasteiger partial charge >= 0.3 is 0 Å². The highest BCUT2D eigenvalue weighted by Crippen LogP contribution is 2.37. The Labute approximate surface area is 166 Å².